The standard InChI is InChI=1S/C10H16N4O4/c1-17-9(15)13-11-7-3-5-8(6-4-7)12-14-10(16)18-2/h3,6,11-12H,4-5H2,1-2H3,(H,13,15)(H,14,16). The van der Waals surface area contributed by atoms with E-state index in [-0.39, 0.29) is 0 Å². The minimum Gasteiger partial charge on any atom is -0.452 e. The van der Waals surface area contributed by atoms with Crippen molar-refractivity contribution >= 4 is 12.2 Å². The van der Waals surface area contributed by atoms with Gasteiger partial charge in [-0.05, 0) is 0 Å². The van der Waals surface area contributed by atoms with E-state index in [2.05, 4.69) is 31.2 Å². The Bertz CT molecular complexity index is 342. The number of allylic oxidation sites excluding steroid dienone is 2. The maximum absolute atomic E-state index is 10.8. The van der Waals surface area contributed by atoms with Crippen molar-refractivity contribution in [3.63, 3.8) is 0 Å². The van der Waals surface area contributed by atoms with E-state index >= 15 is 0 Å². The number of ether oxygens (including phenoxy) is 2. The van der Waals surface area contributed by atoms with E-state index in [4.69, 9.17) is 0 Å². The van der Waals surface area contributed by atoms with Crippen LogP contribution in [0.5, 0.6) is 0 Å². The number of carbonyl (C=O) groups is 2. The molecule has 0 aromatic rings. The molecule has 0 heterocycles. The molecular formula is C10H16N4O4. The molecule has 8 heteroatoms. The molecule has 2 amide bonds. The second kappa shape index (κ2) is 7.05. The smallest absolute Gasteiger partial charge is 0.425 e. The van der Waals surface area contributed by atoms with Crippen LogP contribution in [0.1, 0.15) is 12.8 Å². The van der Waals surface area contributed by atoms with Gasteiger partial charge in [-0.15, -0.1) is 0 Å². The van der Waals surface area contributed by atoms with E-state index in [1.807, 2.05) is 12.2 Å². The molecule has 18 heavy (non-hydrogen) atoms. The summed E-state index contributed by atoms with van der Waals surface area (Å²) in [4.78, 5) is 21.6. The van der Waals surface area contributed by atoms with Gasteiger partial charge in [0, 0.05) is 24.2 Å². The second-order valence-corrected chi connectivity index (χ2v) is 3.35. The largest absolute Gasteiger partial charge is 0.452 e. The van der Waals surface area contributed by atoms with Gasteiger partial charge < -0.3 is 9.47 Å². The first-order valence-electron chi connectivity index (χ1n) is 5.23. The summed E-state index contributed by atoms with van der Waals surface area (Å²) < 4.78 is 8.82. The van der Waals surface area contributed by atoms with Gasteiger partial charge in [0.1, 0.15) is 0 Å². The Morgan fingerprint density at radius 2 is 1.33 bits per heavy atom. The molecule has 0 aromatic heterocycles. The highest BCUT2D eigenvalue weighted by atomic mass is 16.5. The minimum atomic E-state index is -0.559. The van der Waals surface area contributed by atoms with E-state index in [9.17, 15) is 9.59 Å². The molecule has 0 aromatic carbocycles. The zero-order valence-electron chi connectivity index (χ0n) is 10.2. The second-order valence-electron chi connectivity index (χ2n) is 3.35. The van der Waals surface area contributed by atoms with Gasteiger partial charge in [0.05, 0.1) is 14.2 Å². The monoisotopic (exact) mass is 256 g/mol. The Morgan fingerprint density at radius 1 is 0.944 bits per heavy atom. The first-order valence-corrected chi connectivity index (χ1v) is 5.23. The molecule has 1 rings (SSSR count). The molecule has 4 N–H and O–H groups in total. The van der Waals surface area contributed by atoms with Crippen LogP contribution in [0.4, 0.5) is 9.59 Å². The van der Waals surface area contributed by atoms with Gasteiger partial charge in [0.25, 0.3) is 0 Å². The normalized spacial score (nSPS) is 13.7. The molecule has 0 bridgehead atoms. The summed E-state index contributed by atoms with van der Waals surface area (Å²) in [5, 5.41) is 0. The van der Waals surface area contributed by atoms with Crippen molar-refractivity contribution in [1.82, 2.24) is 21.7 Å². The van der Waals surface area contributed by atoms with Gasteiger partial charge in [-0.2, -0.15) is 0 Å². The summed E-state index contributed by atoms with van der Waals surface area (Å²) in [6.07, 6.45) is 3.81. The summed E-state index contributed by atoms with van der Waals surface area (Å²) in [6, 6.07) is 0. The van der Waals surface area contributed by atoms with Crippen LogP contribution in [0, 0.1) is 0 Å². The van der Waals surface area contributed by atoms with E-state index < -0.39 is 12.2 Å². The van der Waals surface area contributed by atoms with E-state index in [0.717, 1.165) is 11.4 Å². The van der Waals surface area contributed by atoms with Gasteiger partial charge in [-0.3, -0.25) is 10.9 Å². The van der Waals surface area contributed by atoms with Crippen LogP contribution < -0.4 is 21.7 Å². The fraction of sp³-hybridized carbons (Fsp3) is 0.400. The predicted molar refractivity (Wildman–Crippen MR) is 62.8 cm³/mol. The third-order valence-corrected chi connectivity index (χ3v) is 2.16. The van der Waals surface area contributed by atoms with Crippen LogP contribution >= 0.6 is 0 Å². The summed E-state index contributed by atoms with van der Waals surface area (Å²) in [7, 11) is 2.57. The Hall–Kier alpha value is -2.38. The van der Waals surface area contributed by atoms with Gasteiger partial charge in [0.15, 0.2) is 0 Å². The lowest BCUT2D eigenvalue weighted by molar-refractivity contribution is 0.166. The highest BCUT2D eigenvalue weighted by molar-refractivity contribution is 5.66. The molecule has 8 nitrogen and oxygen atoms in total. The molecule has 0 saturated heterocycles. The molecule has 0 saturated carbocycles. The molecule has 100 valence electrons. The number of rotatable bonds is 4. The van der Waals surface area contributed by atoms with Gasteiger partial charge in [-0.1, -0.05) is 12.2 Å². The first-order chi connectivity index (χ1) is 8.65. The molecule has 1 aliphatic rings. The maximum Gasteiger partial charge on any atom is 0.425 e. The quantitative estimate of drug-likeness (QED) is 0.539. The number of amides is 2. The zero-order valence-corrected chi connectivity index (χ0v) is 10.2. The number of hydrazine groups is 2. The average molecular weight is 256 g/mol. The lowest BCUT2D eigenvalue weighted by Gasteiger charge is -2.17. The van der Waals surface area contributed by atoms with Crippen molar-refractivity contribution in [2.75, 3.05) is 14.2 Å². The molecule has 0 radical (unpaired) electrons. The summed E-state index contributed by atoms with van der Waals surface area (Å²) >= 11 is 0. The number of carbonyl (C=O) groups excluding carboxylic acids is 2. The zero-order chi connectivity index (χ0) is 13.4. The average Bonchev–Trinajstić information content (AvgIpc) is 2.43. The molecule has 0 spiro atoms. The Labute approximate surface area is 104 Å². The van der Waals surface area contributed by atoms with Gasteiger partial charge >= 0.3 is 12.2 Å². The minimum absolute atomic E-state index is 0.559. The van der Waals surface area contributed by atoms with Gasteiger partial charge in [-0.25, -0.2) is 20.4 Å². The van der Waals surface area contributed by atoms with E-state index in [1.54, 1.807) is 0 Å². The topological polar surface area (TPSA) is 101 Å². The third kappa shape index (κ3) is 4.64. The Morgan fingerprint density at radius 3 is 1.61 bits per heavy atom. The van der Waals surface area contributed by atoms with Crippen LogP contribution in [0.25, 0.3) is 0 Å². The van der Waals surface area contributed by atoms with Crippen molar-refractivity contribution in [2.24, 2.45) is 0 Å². The van der Waals surface area contributed by atoms with Crippen molar-refractivity contribution < 1.29 is 19.1 Å². The maximum atomic E-state index is 10.8. The molecule has 0 aliphatic heterocycles. The van der Waals surface area contributed by atoms with Gasteiger partial charge in [0.2, 0.25) is 0 Å². The number of methoxy groups -OCH3 is 2. The highest BCUT2D eigenvalue weighted by Crippen LogP contribution is 2.12. The number of hydrogen-bond donors (Lipinski definition) is 4. The van der Waals surface area contributed by atoms with E-state index in [1.165, 1.54) is 14.2 Å². The summed E-state index contributed by atoms with van der Waals surface area (Å²) in [5.41, 5.74) is 11.8. The predicted octanol–water partition coefficient (Wildman–Crippen LogP) is 0.269. The Balaban J connectivity index is 2.26. The fourth-order valence-electron chi connectivity index (χ4n) is 1.20. The third-order valence-electron chi connectivity index (χ3n) is 2.16. The van der Waals surface area contributed by atoms with Crippen molar-refractivity contribution in [1.29, 1.82) is 0 Å². The van der Waals surface area contributed by atoms with Crippen molar-refractivity contribution in [3.8, 4) is 0 Å². The van der Waals surface area contributed by atoms with E-state index in [0.29, 0.717) is 12.8 Å². The van der Waals surface area contributed by atoms with Crippen LogP contribution in [-0.4, -0.2) is 26.4 Å². The first kappa shape index (κ1) is 13.7. The SMILES string of the molecule is COC(=O)NNC1=CCC(NNC(=O)OC)=CC1. The highest BCUT2D eigenvalue weighted by Gasteiger charge is 2.07. The summed E-state index contributed by atoms with van der Waals surface area (Å²) in [5.74, 6) is 0. The molecular weight excluding hydrogens is 240 g/mol. The van der Waals surface area contributed by atoms with Crippen LogP contribution in [-0.2, 0) is 9.47 Å². The molecule has 0 unspecified atom stereocenters. The van der Waals surface area contributed by atoms with Crippen LogP contribution in [0.15, 0.2) is 23.5 Å². The van der Waals surface area contributed by atoms with Crippen molar-refractivity contribution in [2.45, 2.75) is 12.8 Å². The van der Waals surface area contributed by atoms with Crippen LogP contribution in [0.3, 0.4) is 0 Å². The lowest BCUT2D eigenvalue weighted by atomic mass is 10.1. The number of nitrogens with one attached hydrogen (secondary N) is 4. The number of hydrogen-bond acceptors (Lipinski definition) is 6. The lowest BCUT2D eigenvalue weighted by Crippen LogP contribution is -2.38. The van der Waals surface area contributed by atoms with Crippen molar-refractivity contribution in [3.05, 3.63) is 23.5 Å². The van der Waals surface area contributed by atoms with Crippen LogP contribution in [0.2, 0.25) is 0 Å². The molecule has 0 atom stereocenters. The molecule has 1 aliphatic carbocycles. The molecule has 0 fully saturated rings. The Kier molecular flexibility index (Phi) is 5.36. The fourth-order valence-corrected chi connectivity index (χ4v) is 1.20. The summed E-state index contributed by atoms with van der Waals surface area (Å²) in [6.45, 7) is 0.